The standard InChI is InChI=1S/C19H32N4O2S/c1-3-20-19(21-13-7-10-17-8-5-4-6-9-17)22-16-18-11-14-23(15-12-18)26(2,24)25/h4-6,8-9,18H,3,7,10-16H2,1-2H3,(H2,20,21,22). The van der Waals surface area contributed by atoms with Gasteiger partial charge in [0.2, 0.25) is 10.0 Å². The largest absolute Gasteiger partial charge is 0.357 e. The van der Waals surface area contributed by atoms with E-state index < -0.39 is 10.0 Å². The van der Waals surface area contributed by atoms with E-state index in [0.717, 1.165) is 51.3 Å². The summed E-state index contributed by atoms with van der Waals surface area (Å²) < 4.78 is 24.7. The average Bonchev–Trinajstić information content (AvgIpc) is 2.63. The molecule has 1 saturated heterocycles. The molecule has 1 aliphatic heterocycles. The average molecular weight is 381 g/mol. The molecule has 6 nitrogen and oxygen atoms in total. The Hall–Kier alpha value is -1.60. The monoisotopic (exact) mass is 380 g/mol. The quantitative estimate of drug-likeness (QED) is 0.410. The number of sulfonamides is 1. The molecule has 0 atom stereocenters. The van der Waals surface area contributed by atoms with Gasteiger partial charge in [-0.05, 0) is 44.1 Å². The van der Waals surface area contributed by atoms with Gasteiger partial charge < -0.3 is 10.6 Å². The normalized spacial score (nSPS) is 17.2. The van der Waals surface area contributed by atoms with Crippen molar-refractivity contribution in [1.82, 2.24) is 14.9 Å². The Labute approximate surface area is 158 Å². The van der Waals surface area contributed by atoms with Gasteiger partial charge in [0.25, 0.3) is 0 Å². The van der Waals surface area contributed by atoms with Crippen LogP contribution in [0.2, 0.25) is 0 Å². The number of rotatable bonds is 8. The molecule has 1 aromatic rings. The number of nitrogens with zero attached hydrogens (tertiary/aromatic N) is 2. The van der Waals surface area contributed by atoms with Crippen molar-refractivity contribution in [3.63, 3.8) is 0 Å². The highest BCUT2D eigenvalue weighted by molar-refractivity contribution is 7.88. The summed E-state index contributed by atoms with van der Waals surface area (Å²) in [6, 6.07) is 10.5. The van der Waals surface area contributed by atoms with Gasteiger partial charge in [-0.15, -0.1) is 0 Å². The van der Waals surface area contributed by atoms with Gasteiger partial charge in [0.05, 0.1) is 6.26 Å². The summed E-state index contributed by atoms with van der Waals surface area (Å²) in [7, 11) is -3.05. The minimum absolute atomic E-state index is 0.452. The number of benzene rings is 1. The van der Waals surface area contributed by atoms with Crippen molar-refractivity contribution in [2.45, 2.75) is 32.6 Å². The van der Waals surface area contributed by atoms with Crippen LogP contribution in [-0.2, 0) is 16.4 Å². The van der Waals surface area contributed by atoms with Crippen LogP contribution >= 0.6 is 0 Å². The Morgan fingerprint density at radius 2 is 1.88 bits per heavy atom. The zero-order valence-corrected chi connectivity index (χ0v) is 16.8. The Balaban J connectivity index is 1.72. The predicted molar refractivity (Wildman–Crippen MR) is 108 cm³/mol. The molecule has 1 aliphatic rings. The Morgan fingerprint density at radius 3 is 2.50 bits per heavy atom. The SMILES string of the molecule is CCNC(=NCC1CCN(S(C)(=O)=O)CC1)NCCCc1ccccc1. The van der Waals surface area contributed by atoms with Crippen molar-refractivity contribution in [2.24, 2.45) is 10.9 Å². The molecular formula is C19H32N4O2S. The van der Waals surface area contributed by atoms with Crippen LogP contribution < -0.4 is 10.6 Å². The summed E-state index contributed by atoms with van der Waals surface area (Å²) in [6.07, 6.45) is 5.15. The summed E-state index contributed by atoms with van der Waals surface area (Å²) in [6.45, 7) is 5.74. The van der Waals surface area contributed by atoms with E-state index in [1.807, 2.05) is 6.07 Å². The second-order valence-corrected chi connectivity index (χ2v) is 8.82. The first-order chi connectivity index (χ1) is 12.5. The summed E-state index contributed by atoms with van der Waals surface area (Å²) in [4.78, 5) is 4.70. The lowest BCUT2D eigenvalue weighted by molar-refractivity contribution is 0.280. The van der Waals surface area contributed by atoms with Gasteiger partial charge in [-0.1, -0.05) is 30.3 Å². The lowest BCUT2D eigenvalue weighted by Gasteiger charge is -2.29. The van der Waals surface area contributed by atoms with Crippen LogP contribution in [0.4, 0.5) is 0 Å². The van der Waals surface area contributed by atoms with Crippen molar-refractivity contribution >= 4 is 16.0 Å². The van der Waals surface area contributed by atoms with Crippen molar-refractivity contribution < 1.29 is 8.42 Å². The molecule has 0 radical (unpaired) electrons. The number of guanidine groups is 1. The van der Waals surface area contributed by atoms with Gasteiger partial charge in [-0.25, -0.2) is 12.7 Å². The van der Waals surface area contributed by atoms with Crippen LogP contribution in [-0.4, -0.2) is 57.7 Å². The van der Waals surface area contributed by atoms with Crippen LogP contribution in [0, 0.1) is 5.92 Å². The van der Waals surface area contributed by atoms with Crippen LogP contribution in [0.3, 0.4) is 0 Å². The van der Waals surface area contributed by atoms with Gasteiger partial charge in [0.15, 0.2) is 5.96 Å². The topological polar surface area (TPSA) is 73.8 Å². The lowest BCUT2D eigenvalue weighted by atomic mass is 9.98. The third-order valence-corrected chi connectivity index (χ3v) is 5.98. The van der Waals surface area contributed by atoms with Gasteiger partial charge in [-0.3, -0.25) is 4.99 Å². The number of aryl methyl sites for hydroxylation is 1. The number of hydrogen-bond donors (Lipinski definition) is 2. The van der Waals surface area contributed by atoms with E-state index in [0.29, 0.717) is 19.0 Å². The van der Waals surface area contributed by atoms with Crippen molar-refractivity contribution in [1.29, 1.82) is 0 Å². The third kappa shape index (κ3) is 7.33. The number of nitrogens with one attached hydrogen (secondary N) is 2. The molecule has 2 N–H and O–H groups in total. The molecule has 0 aliphatic carbocycles. The smallest absolute Gasteiger partial charge is 0.211 e. The second kappa shape index (κ2) is 10.5. The van der Waals surface area contributed by atoms with Crippen LogP contribution in [0.5, 0.6) is 0 Å². The Bertz CT molecular complexity index is 653. The van der Waals surface area contributed by atoms with Crippen LogP contribution in [0.1, 0.15) is 31.7 Å². The molecule has 2 rings (SSSR count). The molecule has 26 heavy (non-hydrogen) atoms. The van der Waals surface area contributed by atoms with E-state index in [1.165, 1.54) is 11.8 Å². The molecule has 7 heteroatoms. The number of piperidine rings is 1. The molecule has 0 spiro atoms. The van der Waals surface area contributed by atoms with E-state index in [2.05, 4.69) is 41.8 Å². The molecule has 146 valence electrons. The molecular weight excluding hydrogens is 348 g/mol. The Morgan fingerprint density at radius 1 is 1.19 bits per heavy atom. The maximum atomic E-state index is 11.6. The minimum Gasteiger partial charge on any atom is -0.357 e. The van der Waals surface area contributed by atoms with E-state index in [9.17, 15) is 8.42 Å². The number of aliphatic imine (C=N–C) groups is 1. The molecule has 0 saturated carbocycles. The first-order valence-corrected chi connectivity index (χ1v) is 11.3. The van der Waals surface area contributed by atoms with E-state index >= 15 is 0 Å². The van der Waals surface area contributed by atoms with Crippen molar-refractivity contribution in [3.05, 3.63) is 35.9 Å². The first kappa shape index (κ1) is 20.7. The molecule has 0 aromatic heterocycles. The molecule has 0 bridgehead atoms. The zero-order valence-electron chi connectivity index (χ0n) is 15.9. The van der Waals surface area contributed by atoms with Crippen LogP contribution in [0.25, 0.3) is 0 Å². The molecule has 1 heterocycles. The molecule has 1 aromatic carbocycles. The highest BCUT2D eigenvalue weighted by Crippen LogP contribution is 2.19. The third-order valence-electron chi connectivity index (χ3n) is 4.67. The fraction of sp³-hybridized carbons (Fsp3) is 0.632. The van der Waals surface area contributed by atoms with Crippen LogP contribution in [0.15, 0.2) is 35.3 Å². The molecule has 0 amide bonds. The Kier molecular flexibility index (Phi) is 8.38. The fourth-order valence-corrected chi connectivity index (χ4v) is 4.00. The highest BCUT2D eigenvalue weighted by Gasteiger charge is 2.24. The van der Waals surface area contributed by atoms with E-state index in [-0.39, 0.29) is 0 Å². The van der Waals surface area contributed by atoms with Gasteiger partial charge in [-0.2, -0.15) is 0 Å². The minimum atomic E-state index is -3.05. The maximum absolute atomic E-state index is 11.6. The van der Waals surface area contributed by atoms with Gasteiger partial charge in [0, 0.05) is 32.7 Å². The molecule has 1 fully saturated rings. The predicted octanol–water partition coefficient (Wildman–Crippen LogP) is 1.85. The highest BCUT2D eigenvalue weighted by atomic mass is 32.2. The van der Waals surface area contributed by atoms with Gasteiger partial charge in [0.1, 0.15) is 0 Å². The maximum Gasteiger partial charge on any atom is 0.211 e. The lowest BCUT2D eigenvalue weighted by Crippen LogP contribution is -2.40. The van der Waals surface area contributed by atoms with Crippen molar-refractivity contribution in [3.8, 4) is 0 Å². The van der Waals surface area contributed by atoms with Crippen molar-refractivity contribution in [2.75, 3.05) is 39.0 Å². The summed E-state index contributed by atoms with van der Waals surface area (Å²) in [5, 5.41) is 6.68. The number of hydrogen-bond acceptors (Lipinski definition) is 3. The van der Waals surface area contributed by atoms with Gasteiger partial charge >= 0.3 is 0 Å². The fourth-order valence-electron chi connectivity index (χ4n) is 3.13. The second-order valence-electron chi connectivity index (χ2n) is 6.84. The molecule has 0 unspecified atom stereocenters. The van der Waals surface area contributed by atoms with E-state index in [1.54, 1.807) is 4.31 Å². The summed E-state index contributed by atoms with van der Waals surface area (Å²) >= 11 is 0. The zero-order chi connectivity index (χ0) is 18.8. The summed E-state index contributed by atoms with van der Waals surface area (Å²) in [5.41, 5.74) is 1.36. The van der Waals surface area contributed by atoms with E-state index in [4.69, 9.17) is 4.99 Å². The summed E-state index contributed by atoms with van der Waals surface area (Å²) in [5.74, 6) is 1.30. The first-order valence-electron chi connectivity index (χ1n) is 9.50.